The fraction of sp³-hybridized carbons (Fsp3) is 0.474. The van der Waals surface area contributed by atoms with Crippen molar-refractivity contribution in [1.82, 2.24) is 15.1 Å². The molecule has 0 saturated carbocycles. The van der Waals surface area contributed by atoms with Gasteiger partial charge in [0.1, 0.15) is 0 Å². The lowest BCUT2D eigenvalue weighted by Gasteiger charge is -2.10. The smallest absolute Gasteiger partial charge is 0.255 e. The minimum Gasteiger partial charge on any atom is -0.352 e. The van der Waals surface area contributed by atoms with Crippen LogP contribution in [-0.4, -0.2) is 22.2 Å². The average Bonchev–Trinajstić information content (AvgIpc) is 2.94. The first-order chi connectivity index (χ1) is 11.9. The number of nitrogens with zero attached hydrogens (tertiary/aromatic N) is 2. The van der Waals surface area contributed by atoms with E-state index in [9.17, 15) is 4.79 Å². The number of carbonyl (C=O) groups is 1. The number of hydrogen-bond acceptors (Lipinski definition) is 2. The normalized spacial score (nSPS) is 11.2. The summed E-state index contributed by atoms with van der Waals surface area (Å²) in [5.41, 5.74) is 3.22. The Balaban J connectivity index is 2.52. The van der Waals surface area contributed by atoms with Gasteiger partial charge in [-0.15, -0.1) is 0 Å². The molecule has 0 bridgehead atoms. The standard InChI is InChI=1S/C19H25Cl2N3O/c1-5-7-16-18(19(25)22-11-12(3)4)17(6-2)24(23-16)13-8-9-14(20)15(21)10-13/h8-10,12H,5-7,11H2,1-4H3,(H,22,25). The lowest BCUT2D eigenvalue weighted by Crippen LogP contribution is -2.28. The average molecular weight is 382 g/mol. The third kappa shape index (κ3) is 4.56. The summed E-state index contributed by atoms with van der Waals surface area (Å²) < 4.78 is 1.82. The number of halogens is 2. The fourth-order valence-electron chi connectivity index (χ4n) is 2.72. The molecule has 136 valence electrons. The van der Waals surface area contributed by atoms with Crippen LogP contribution in [0.15, 0.2) is 18.2 Å². The van der Waals surface area contributed by atoms with E-state index in [0.717, 1.165) is 29.9 Å². The molecule has 0 saturated heterocycles. The fourth-order valence-corrected chi connectivity index (χ4v) is 3.01. The van der Waals surface area contributed by atoms with Crippen molar-refractivity contribution in [3.8, 4) is 5.69 Å². The molecule has 1 aromatic carbocycles. The molecule has 2 aromatic rings. The van der Waals surface area contributed by atoms with E-state index in [1.54, 1.807) is 12.1 Å². The molecule has 4 nitrogen and oxygen atoms in total. The maximum absolute atomic E-state index is 12.8. The summed E-state index contributed by atoms with van der Waals surface area (Å²) in [4.78, 5) is 12.8. The van der Waals surface area contributed by atoms with Crippen LogP contribution in [-0.2, 0) is 12.8 Å². The Morgan fingerprint density at radius 3 is 2.52 bits per heavy atom. The highest BCUT2D eigenvalue weighted by atomic mass is 35.5. The molecule has 1 heterocycles. The predicted octanol–water partition coefficient (Wildman–Crippen LogP) is 5.08. The molecule has 1 N–H and O–H groups in total. The monoisotopic (exact) mass is 381 g/mol. The van der Waals surface area contributed by atoms with Gasteiger partial charge in [0.05, 0.1) is 32.7 Å². The molecule has 0 spiro atoms. The summed E-state index contributed by atoms with van der Waals surface area (Å²) in [6.07, 6.45) is 2.37. The summed E-state index contributed by atoms with van der Waals surface area (Å²) in [5.74, 6) is 0.342. The predicted molar refractivity (Wildman–Crippen MR) is 104 cm³/mol. The molecule has 0 fully saturated rings. The number of nitrogens with one attached hydrogen (secondary N) is 1. The molecule has 0 unspecified atom stereocenters. The second-order valence-electron chi connectivity index (χ2n) is 6.49. The van der Waals surface area contributed by atoms with E-state index in [1.165, 1.54) is 0 Å². The van der Waals surface area contributed by atoms with Crippen molar-refractivity contribution in [3.05, 3.63) is 45.2 Å². The Labute approximate surface area is 159 Å². The summed E-state index contributed by atoms with van der Waals surface area (Å²) in [6, 6.07) is 5.39. The molecule has 0 atom stereocenters. The zero-order valence-electron chi connectivity index (χ0n) is 15.2. The molecule has 0 radical (unpaired) electrons. The first kappa shape index (κ1) is 19.8. The highest BCUT2D eigenvalue weighted by molar-refractivity contribution is 6.42. The van der Waals surface area contributed by atoms with E-state index in [1.807, 2.05) is 17.7 Å². The first-order valence-electron chi connectivity index (χ1n) is 8.73. The summed E-state index contributed by atoms with van der Waals surface area (Å²) in [7, 11) is 0. The second kappa shape index (κ2) is 8.72. The van der Waals surface area contributed by atoms with Crippen molar-refractivity contribution in [2.45, 2.75) is 47.0 Å². The van der Waals surface area contributed by atoms with E-state index >= 15 is 0 Å². The molecule has 0 aliphatic carbocycles. The third-order valence-corrected chi connectivity index (χ3v) is 4.66. The second-order valence-corrected chi connectivity index (χ2v) is 7.30. The number of aryl methyl sites for hydroxylation is 1. The van der Waals surface area contributed by atoms with Crippen LogP contribution in [0, 0.1) is 5.92 Å². The third-order valence-electron chi connectivity index (χ3n) is 3.92. The molecule has 2 rings (SSSR count). The van der Waals surface area contributed by atoms with Crippen molar-refractivity contribution >= 4 is 29.1 Å². The lowest BCUT2D eigenvalue weighted by atomic mass is 10.1. The van der Waals surface area contributed by atoms with Gasteiger partial charge in [0.25, 0.3) is 5.91 Å². The molecule has 1 amide bonds. The molecular weight excluding hydrogens is 357 g/mol. The Morgan fingerprint density at radius 2 is 1.96 bits per heavy atom. The lowest BCUT2D eigenvalue weighted by molar-refractivity contribution is 0.0947. The number of benzene rings is 1. The van der Waals surface area contributed by atoms with E-state index in [4.69, 9.17) is 28.3 Å². The molecule has 6 heteroatoms. The van der Waals surface area contributed by atoms with Crippen molar-refractivity contribution in [3.63, 3.8) is 0 Å². The quantitative estimate of drug-likeness (QED) is 0.726. The van der Waals surface area contributed by atoms with Gasteiger partial charge in [-0.05, 0) is 37.0 Å². The van der Waals surface area contributed by atoms with E-state index < -0.39 is 0 Å². The Kier molecular flexibility index (Phi) is 6.91. The molecular formula is C19H25Cl2N3O. The van der Waals surface area contributed by atoms with Crippen LogP contribution in [0.25, 0.3) is 5.69 Å². The number of aromatic nitrogens is 2. The first-order valence-corrected chi connectivity index (χ1v) is 9.48. The van der Waals surface area contributed by atoms with Gasteiger partial charge in [-0.3, -0.25) is 4.79 Å². The van der Waals surface area contributed by atoms with Crippen molar-refractivity contribution in [2.24, 2.45) is 5.92 Å². The van der Waals surface area contributed by atoms with E-state index in [0.29, 0.717) is 34.5 Å². The Hall–Kier alpha value is -1.52. The van der Waals surface area contributed by atoms with Gasteiger partial charge in [0.15, 0.2) is 0 Å². The van der Waals surface area contributed by atoms with Crippen LogP contribution < -0.4 is 5.32 Å². The number of hydrogen-bond donors (Lipinski definition) is 1. The number of carbonyl (C=O) groups excluding carboxylic acids is 1. The van der Waals surface area contributed by atoms with E-state index in [-0.39, 0.29) is 5.91 Å². The zero-order valence-corrected chi connectivity index (χ0v) is 16.7. The van der Waals surface area contributed by atoms with Crippen LogP contribution in [0.4, 0.5) is 0 Å². The summed E-state index contributed by atoms with van der Waals surface area (Å²) in [5, 5.41) is 8.70. The van der Waals surface area contributed by atoms with Crippen molar-refractivity contribution < 1.29 is 4.79 Å². The van der Waals surface area contributed by atoms with Crippen LogP contribution in [0.3, 0.4) is 0 Å². The van der Waals surface area contributed by atoms with Crippen LogP contribution in [0.2, 0.25) is 10.0 Å². The van der Waals surface area contributed by atoms with Gasteiger partial charge in [-0.2, -0.15) is 5.10 Å². The topological polar surface area (TPSA) is 46.9 Å². The Morgan fingerprint density at radius 1 is 1.24 bits per heavy atom. The zero-order chi connectivity index (χ0) is 18.6. The van der Waals surface area contributed by atoms with Crippen LogP contribution in [0.1, 0.15) is 55.9 Å². The van der Waals surface area contributed by atoms with E-state index in [2.05, 4.69) is 26.1 Å². The highest BCUT2D eigenvalue weighted by Gasteiger charge is 2.23. The van der Waals surface area contributed by atoms with Crippen LogP contribution in [0.5, 0.6) is 0 Å². The maximum Gasteiger partial charge on any atom is 0.255 e. The van der Waals surface area contributed by atoms with Gasteiger partial charge in [-0.25, -0.2) is 4.68 Å². The highest BCUT2D eigenvalue weighted by Crippen LogP contribution is 2.27. The number of amides is 1. The largest absolute Gasteiger partial charge is 0.352 e. The summed E-state index contributed by atoms with van der Waals surface area (Å²) in [6.45, 7) is 8.91. The van der Waals surface area contributed by atoms with Gasteiger partial charge in [0.2, 0.25) is 0 Å². The minimum atomic E-state index is -0.0553. The van der Waals surface area contributed by atoms with Crippen molar-refractivity contribution in [2.75, 3.05) is 6.54 Å². The summed E-state index contributed by atoms with van der Waals surface area (Å²) >= 11 is 12.2. The van der Waals surface area contributed by atoms with Crippen molar-refractivity contribution in [1.29, 1.82) is 0 Å². The minimum absolute atomic E-state index is 0.0553. The SMILES string of the molecule is CCCc1nn(-c2ccc(Cl)c(Cl)c2)c(CC)c1C(=O)NCC(C)C. The van der Waals surface area contributed by atoms with Gasteiger partial charge in [0, 0.05) is 6.54 Å². The molecule has 0 aliphatic rings. The van der Waals surface area contributed by atoms with Crippen LogP contribution >= 0.6 is 23.2 Å². The van der Waals surface area contributed by atoms with Gasteiger partial charge >= 0.3 is 0 Å². The molecule has 25 heavy (non-hydrogen) atoms. The molecule has 0 aliphatic heterocycles. The van der Waals surface area contributed by atoms with Gasteiger partial charge < -0.3 is 5.32 Å². The number of rotatable bonds is 7. The molecule has 1 aromatic heterocycles. The Bertz CT molecular complexity index is 753. The maximum atomic E-state index is 12.8. The van der Waals surface area contributed by atoms with Gasteiger partial charge in [-0.1, -0.05) is 57.3 Å².